The molecule has 2 rings (SSSR count). The summed E-state index contributed by atoms with van der Waals surface area (Å²) in [7, 11) is 0.116. The Morgan fingerprint density at radius 2 is 1.76 bits per heavy atom. The molecule has 0 spiro atoms. The van der Waals surface area contributed by atoms with E-state index < -0.39 is 26.8 Å². The first kappa shape index (κ1) is 22.8. The molecule has 10 nitrogen and oxygen atoms in total. The number of hydrogen-bond acceptors (Lipinski definition) is 10. The molecule has 0 saturated heterocycles. The quantitative estimate of drug-likeness (QED) is 0.448. The molecule has 0 radical (unpaired) electrons. The van der Waals surface area contributed by atoms with Gasteiger partial charge in [-0.15, -0.1) is 0 Å². The fourth-order valence-corrected chi connectivity index (χ4v) is 4.17. The van der Waals surface area contributed by atoms with E-state index in [9.17, 15) is 13.2 Å². The van der Waals surface area contributed by atoms with E-state index in [1.807, 2.05) is 4.72 Å². The molecular formula is C17H22N4O6S2. The second-order valence-electron chi connectivity index (χ2n) is 6.18. The molecule has 1 N–H and O–H groups in total. The lowest BCUT2D eigenvalue weighted by molar-refractivity contribution is -0.123. The highest BCUT2D eigenvalue weighted by Crippen LogP contribution is 2.33. The molecule has 0 aliphatic carbocycles. The van der Waals surface area contributed by atoms with Gasteiger partial charge in [0.05, 0.1) is 25.9 Å². The Balaban J connectivity index is 2.35. The van der Waals surface area contributed by atoms with Gasteiger partial charge in [0.25, 0.3) is 10.0 Å². The van der Waals surface area contributed by atoms with Crippen LogP contribution >= 0.6 is 11.8 Å². The Morgan fingerprint density at radius 3 is 2.24 bits per heavy atom. The van der Waals surface area contributed by atoms with Crippen molar-refractivity contribution < 1.29 is 27.4 Å². The van der Waals surface area contributed by atoms with Crippen molar-refractivity contribution >= 4 is 27.7 Å². The maximum Gasteiger partial charge on any atom is 0.281 e. The molecule has 0 aliphatic rings. The lowest BCUT2D eigenvalue weighted by Crippen LogP contribution is -2.48. The van der Waals surface area contributed by atoms with Crippen LogP contribution in [0.5, 0.6) is 11.8 Å². The van der Waals surface area contributed by atoms with Crippen molar-refractivity contribution in [2.24, 2.45) is 0 Å². The summed E-state index contributed by atoms with van der Waals surface area (Å²) in [6.07, 6.45) is 1.32. The number of aromatic nitrogens is 3. The molecule has 0 saturated carbocycles. The van der Waals surface area contributed by atoms with Crippen LogP contribution in [0.2, 0.25) is 0 Å². The van der Waals surface area contributed by atoms with Gasteiger partial charge in [-0.05, 0) is 26.0 Å². The SMILES string of the molecule is COc1cc(OC)nc(SC(C(=O)NS(=O)(=O)c2ccccn2)C(C)(C)OC)n1. The van der Waals surface area contributed by atoms with Gasteiger partial charge in [0, 0.05) is 13.3 Å². The van der Waals surface area contributed by atoms with E-state index in [0.29, 0.717) is 0 Å². The summed E-state index contributed by atoms with van der Waals surface area (Å²) in [6.45, 7) is 3.30. The number of carbonyl (C=O) groups is 1. The predicted octanol–water partition coefficient (Wildman–Crippen LogP) is 1.28. The summed E-state index contributed by atoms with van der Waals surface area (Å²) < 4.78 is 42.7. The molecule has 1 atom stereocenters. The second-order valence-corrected chi connectivity index (χ2v) is 8.88. The van der Waals surface area contributed by atoms with Crippen LogP contribution in [0.4, 0.5) is 0 Å². The van der Waals surface area contributed by atoms with Crippen LogP contribution in [0.25, 0.3) is 0 Å². The summed E-state index contributed by atoms with van der Waals surface area (Å²) in [6, 6.07) is 5.84. The maximum absolute atomic E-state index is 12.9. The van der Waals surface area contributed by atoms with Crippen LogP contribution in [-0.2, 0) is 19.6 Å². The fraction of sp³-hybridized carbons (Fsp3) is 0.412. The Labute approximate surface area is 173 Å². The van der Waals surface area contributed by atoms with Gasteiger partial charge < -0.3 is 14.2 Å². The molecular weight excluding hydrogens is 420 g/mol. The molecule has 0 bridgehead atoms. The zero-order valence-corrected chi connectivity index (χ0v) is 18.2. The van der Waals surface area contributed by atoms with E-state index in [-0.39, 0.29) is 21.9 Å². The molecule has 0 fully saturated rings. The van der Waals surface area contributed by atoms with Crippen molar-refractivity contribution in [2.75, 3.05) is 21.3 Å². The summed E-state index contributed by atoms with van der Waals surface area (Å²) in [5.74, 6) is -0.345. The first-order valence-electron chi connectivity index (χ1n) is 8.29. The lowest BCUT2D eigenvalue weighted by Gasteiger charge is -2.30. The molecule has 2 aromatic rings. The van der Waals surface area contributed by atoms with Crippen LogP contribution in [0, 0.1) is 0 Å². The highest BCUT2D eigenvalue weighted by molar-refractivity contribution is 8.00. The molecule has 0 aliphatic heterocycles. The van der Waals surface area contributed by atoms with Crippen molar-refractivity contribution in [3.8, 4) is 11.8 Å². The van der Waals surface area contributed by atoms with Crippen molar-refractivity contribution in [3.63, 3.8) is 0 Å². The number of sulfonamides is 1. The second kappa shape index (κ2) is 9.37. The molecule has 2 aromatic heterocycles. The first-order chi connectivity index (χ1) is 13.6. The Bertz CT molecular complexity index is 931. The van der Waals surface area contributed by atoms with E-state index in [1.54, 1.807) is 19.9 Å². The molecule has 12 heteroatoms. The van der Waals surface area contributed by atoms with Crippen molar-refractivity contribution in [1.82, 2.24) is 19.7 Å². The number of rotatable bonds is 9. The van der Waals surface area contributed by atoms with E-state index in [2.05, 4.69) is 15.0 Å². The fourth-order valence-electron chi connectivity index (χ4n) is 2.11. The molecule has 1 amide bonds. The lowest BCUT2D eigenvalue weighted by atomic mass is 10.0. The number of nitrogens with zero attached hydrogens (tertiary/aromatic N) is 3. The zero-order chi connectivity index (χ0) is 21.7. The van der Waals surface area contributed by atoms with Crippen molar-refractivity contribution in [3.05, 3.63) is 30.5 Å². The Hall–Kier alpha value is -2.44. The summed E-state index contributed by atoms with van der Waals surface area (Å²) in [4.78, 5) is 25.0. The van der Waals surface area contributed by atoms with Crippen LogP contribution in [0.1, 0.15) is 13.8 Å². The van der Waals surface area contributed by atoms with Gasteiger partial charge in [-0.25, -0.2) is 9.71 Å². The van der Waals surface area contributed by atoms with E-state index in [4.69, 9.17) is 14.2 Å². The van der Waals surface area contributed by atoms with Gasteiger partial charge in [-0.1, -0.05) is 17.8 Å². The number of ether oxygens (including phenoxy) is 3. The minimum atomic E-state index is -4.16. The smallest absolute Gasteiger partial charge is 0.281 e. The average molecular weight is 443 g/mol. The third-order valence-electron chi connectivity index (χ3n) is 3.84. The normalized spacial score (nSPS) is 12.9. The van der Waals surface area contributed by atoms with Crippen LogP contribution in [0.3, 0.4) is 0 Å². The molecule has 0 aromatic carbocycles. The topological polar surface area (TPSA) is 130 Å². The van der Waals surface area contributed by atoms with Crippen LogP contribution < -0.4 is 14.2 Å². The van der Waals surface area contributed by atoms with Gasteiger partial charge in [-0.3, -0.25) is 4.79 Å². The third kappa shape index (κ3) is 5.78. The summed E-state index contributed by atoms with van der Waals surface area (Å²) in [5, 5.41) is -1.14. The first-order valence-corrected chi connectivity index (χ1v) is 10.7. The average Bonchev–Trinajstić information content (AvgIpc) is 2.71. The summed E-state index contributed by atoms with van der Waals surface area (Å²) >= 11 is 0.919. The molecule has 158 valence electrons. The number of hydrogen-bond donors (Lipinski definition) is 1. The number of thioether (sulfide) groups is 1. The monoisotopic (exact) mass is 442 g/mol. The molecule has 29 heavy (non-hydrogen) atoms. The number of carbonyl (C=O) groups excluding carboxylic acids is 1. The minimum Gasteiger partial charge on any atom is -0.481 e. The Morgan fingerprint density at radius 1 is 1.14 bits per heavy atom. The standard InChI is InChI=1S/C17H22N4O6S2/c1-17(2,27-5)14(28-16-19-11(25-3)10-12(20-16)26-4)15(22)21-29(23,24)13-8-6-7-9-18-13/h6-10,14H,1-5H3,(H,21,22). The van der Waals surface area contributed by atoms with Gasteiger partial charge in [0.15, 0.2) is 10.2 Å². The number of methoxy groups -OCH3 is 3. The molecule has 2 heterocycles. The van der Waals surface area contributed by atoms with Crippen molar-refractivity contribution in [1.29, 1.82) is 0 Å². The van der Waals surface area contributed by atoms with Gasteiger partial charge in [0.2, 0.25) is 17.7 Å². The number of pyridine rings is 1. The van der Waals surface area contributed by atoms with E-state index in [1.165, 1.54) is 45.7 Å². The third-order valence-corrected chi connectivity index (χ3v) is 6.52. The van der Waals surface area contributed by atoms with E-state index in [0.717, 1.165) is 11.8 Å². The largest absolute Gasteiger partial charge is 0.481 e. The number of amides is 1. The maximum atomic E-state index is 12.9. The van der Waals surface area contributed by atoms with Crippen LogP contribution in [0.15, 0.2) is 40.6 Å². The highest BCUT2D eigenvalue weighted by atomic mass is 32.2. The Kier molecular flexibility index (Phi) is 7.38. The van der Waals surface area contributed by atoms with Gasteiger partial charge in [0.1, 0.15) is 5.25 Å². The summed E-state index contributed by atoms with van der Waals surface area (Å²) in [5.41, 5.74) is -1.06. The highest BCUT2D eigenvalue weighted by Gasteiger charge is 2.39. The van der Waals surface area contributed by atoms with Gasteiger partial charge >= 0.3 is 0 Å². The molecule has 1 unspecified atom stereocenters. The van der Waals surface area contributed by atoms with Gasteiger partial charge in [-0.2, -0.15) is 18.4 Å². The zero-order valence-electron chi connectivity index (χ0n) is 16.6. The van der Waals surface area contributed by atoms with Crippen LogP contribution in [-0.4, -0.2) is 61.5 Å². The van der Waals surface area contributed by atoms with E-state index >= 15 is 0 Å². The number of nitrogens with one attached hydrogen (secondary N) is 1. The van der Waals surface area contributed by atoms with Crippen molar-refractivity contribution in [2.45, 2.75) is 34.9 Å². The minimum absolute atomic E-state index is 0.154. The predicted molar refractivity (Wildman–Crippen MR) is 105 cm³/mol.